The van der Waals surface area contributed by atoms with Crippen molar-refractivity contribution in [1.29, 1.82) is 0 Å². The number of esters is 1. The molecule has 1 aliphatic rings. The van der Waals surface area contributed by atoms with E-state index in [9.17, 15) is 13.2 Å². The van der Waals surface area contributed by atoms with Crippen molar-refractivity contribution in [2.45, 2.75) is 0 Å². The Labute approximate surface area is 106 Å². The topological polar surface area (TPSA) is 79.5 Å². The average molecular weight is 272 g/mol. The van der Waals surface area contributed by atoms with Gasteiger partial charge in [0.1, 0.15) is 12.3 Å². The van der Waals surface area contributed by atoms with E-state index in [1.54, 1.807) is 18.3 Å². The van der Waals surface area contributed by atoms with Crippen LogP contribution in [0.15, 0.2) is 18.3 Å². The molecule has 1 aliphatic heterocycles. The van der Waals surface area contributed by atoms with Gasteiger partial charge in [-0.1, -0.05) is 0 Å². The van der Waals surface area contributed by atoms with Crippen LogP contribution in [0.25, 0.3) is 0 Å². The van der Waals surface area contributed by atoms with Crippen LogP contribution in [0.5, 0.6) is 0 Å². The van der Waals surface area contributed by atoms with E-state index in [2.05, 4.69) is 4.98 Å². The molecule has 0 spiro atoms. The largest absolute Gasteiger partial charge is 0.460 e. The van der Waals surface area contributed by atoms with Crippen LogP contribution < -0.4 is 0 Å². The lowest BCUT2D eigenvalue weighted by Crippen LogP contribution is -2.41. The molecule has 0 atom stereocenters. The fraction of sp³-hybridized carbons (Fsp3) is 0.545. The highest BCUT2D eigenvalue weighted by atomic mass is 32.2. The number of nitrogens with zero attached hydrogens (tertiary/aromatic N) is 1. The summed E-state index contributed by atoms with van der Waals surface area (Å²) in [4.78, 5) is 16.2. The molecule has 0 radical (unpaired) electrons. The molecule has 0 amide bonds. The molecule has 0 aromatic carbocycles. The summed E-state index contributed by atoms with van der Waals surface area (Å²) >= 11 is 0. The molecule has 6 nitrogen and oxygen atoms in total. The Balaban J connectivity index is 1.69. The number of hydrogen-bond acceptors (Lipinski definition) is 5. The Hall–Kier alpha value is -1.34. The molecule has 18 heavy (non-hydrogen) atoms. The highest BCUT2D eigenvalue weighted by molar-refractivity contribution is 7.91. The normalized spacial score (nSPS) is 19.6. The van der Waals surface area contributed by atoms with Crippen molar-refractivity contribution in [2.24, 2.45) is 0 Å². The van der Waals surface area contributed by atoms with Gasteiger partial charge in [-0.3, -0.25) is 4.90 Å². The van der Waals surface area contributed by atoms with Gasteiger partial charge in [-0.25, -0.2) is 13.2 Å². The lowest BCUT2D eigenvalue weighted by molar-refractivity contribution is 0.0459. The van der Waals surface area contributed by atoms with E-state index in [0.29, 0.717) is 25.3 Å². The number of carbonyl (C=O) groups excluding carboxylic acids is 1. The number of rotatable bonds is 4. The molecule has 1 aromatic rings. The smallest absolute Gasteiger partial charge is 0.354 e. The van der Waals surface area contributed by atoms with Crippen molar-refractivity contribution < 1.29 is 17.9 Å². The SMILES string of the molecule is O=C(OCCN1CCS(=O)(=O)CC1)c1ccc[nH]1. The third-order valence-electron chi connectivity index (χ3n) is 2.90. The molecule has 1 fully saturated rings. The number of aromatic amines is 1. The number of nitrogens with one attached hydrogen (secondary N) is 1. The van der Waals surface area contributed by atoms with Gasteiger partial charge in [0.25, 0.3) is 0 Å². The minimum Gasteiger partial charge on any atom is -0.460 e. The van der Waals surface area contributed by atoms with Crippen LogP contribution >= 0.6 is 0 Å². The minimum atomic E-state index is -2.85. The lowest BCUT2D eigenvalue weighted by atomic mass is 10.4. The van der Waals surface area contributed by atoms with Crippen LogP contribution in [0, 0.1) is 0 Å². The Kier molecular flexibility index (Phi) is 4.03. The molecule has 1 aromatic heterocycles. The van der Waals surface area contributed by atoms with Crippen molar-refractivity contribution in [3.8, 4) is 0 Å². The highest BCUT2D eigenvalue weighted by Gasteiger charge is 2.21. The zero-order valence-corrected chi connectivity index (χ0v) is 10.8. The summed E-state index contributed by atoms with van der Waals surface area (Å²) in [5, 5.41) is 0. The van der Waals surface area contributed by atoms with Crippen LogP contribution in [-0.2, 0) is 14.6 Å². The Morgan fingerprint density at radius 2 is 2.11 bits per heavy atom. The zero-order valence-electron chi connectivity index (χ0n) is 9.96. The molecule has 7 heteroatoms. The Bertz CT molecular complexity index is 481. The summed E-state index contributed by atoms with van der Waals surface area (Å²) in [6.07, 6.45) is 1.66. The van der Waals surface area contributed by atoms with Crippen LogP contribution in [0.2, 0.25) is 0 Å². The van der Waals surface area contributed by atoms with Crippen LogP contribution in [-0.4, -0.2) is 62.0 Å². The first-order valence-electron chi connectivity index (χ1n) is 5.80. The standard InChI is InChI=1S/C11H16N2O4S/c14-11(10-2-1-3-12-10)17-7-4-13-5-8-18(15,16)9-6-13/h1-3,12H,4-9H2. The van der Waals surface area contributed by atoms with E-state index in [4.69, 9.17) is 4.74 Å². The third-order valence-corrected chi connectivity index (χ3v) is 4.50. The first-order valence-corrected chi connectivity index (χ1v) is 7.62. The van der Waals surface area contributed by atoms with Gasteiger partial charge < -0.3 is 9.72 Å². The second kappa shape index (κ2) is 5.53. The van der Waals surface area contributed by atoms with Gasteiger partial charge in [0.15, 0.2) is 9.84 Å². The van der Waals surface area contributed by atoms with E-state index in [-0.39, 0.29) is 24.1 Å². The second-order valence-electron chi connectivity index (χ2n) is 4.21. The summed E-state index contributed by atoms with van der Waals surface area (Å²) in [6, 6.07) is 3.38. The number of sulfone groups is 1. The summed E-state index contributed by atoms with van der Waals surface area (Å²) in [6.45, 7) is 1.88. The molecule has 0 bridgehead atoms. The van der Waals surface area contributed by atoms with E-state index in [1.807, 2.05) is 4.90 Å². The Morgan fingerprint density at radius 3 is 2.72 bits per heavy atom. The predicted molar refractivity (Wildman–Crippen MR) is 66.2 cm³/mol. The third kappa shape index (κ3) is 3.58. The second-order valence-corrected chi connectivity index (χ2v) is 6.52. The fourth-order valence-electron chi connectivity index (χ4n) is 1.78. The number of ether oxygens (including phenoxy) is 1. The first kappa shape index (κ1) is 13.1. The lowest BCUT2D eigenvalue weighted by Gasteiger charge is -2.25. The molecular weight excluding hydrogens is 256 g/mol. The van der Waals surface area contributed by atoms with E-state index in [0.717, 1.165) is 0 Å². The van der Waals surface area contributed by atoms with Gasteiger partial charge >= 0.3 is 5.97 Å². The van der Waals surface area contributed by atoms with Gasteiger partial charge in [0, 0.05) is 25.8 Å². The minimum absolute atomic E-state index is 0.192. The van der Waals surface area contributed by atoms with Crippen molar-refractivity contribution in [2.75, 3.05) is 37.7 Å². The van der Waals surface area contributed by atoms with E-state index < -0.39 is 9.84 Å². The summed E-state index contributed by atoms with van der Waals surface area (Å²) in [7, 11) is -2.85. The summed E-state index contributed by atoms with van der Waals surface area (Å²) < 4.78 is 27.5. The van der Waals surface area contributed by atoms with E-state index >= 15 is 0 Å². The molecular formula is C11H16N2O4S. The van der Waals surface area contributed by atoms with Gasteiger partial charge in [-0.15, -0.1) is 0 Å². The fourth-order valence-corrected chi connectivity index (χ4v) is 3.05. The maximum Gasteiger partial charge on any atom is 0.354 e. The monoisotopic (exact) mass is 272 g/mol. The molecule has 100 valence electrons. The molecule has 1 N–H and O–H groups in total. The average Bonchev–Trinajstić information content (AvgIpc) is 2.85. The van der Waals surface area contributed by atoms with Crippen molar-refractivity contribution in [3.05, 3.63) is 24.0 Å². The van der Waals surface area contributed by atoms with Gasteiger partial charge in [0.2, 0.25) is 0 Å². The molecule has 0 saturated carbocycles. The van der Waals surface area contributed by atoms with Crippen molar-refractivity contribution in [3.63, 3.8) is 0 Å². The van der Waals surface area contributed by atoms with Crippen molar-refractivity contribution >= 4 is 15.8 Å². The number of carbonyl (C=O) groups is 1. The van der Waals surface area contributed by atoms with Crippen LogP contribution in [0.4, 0.5) is 0 Å². The van der Waals surface area contributed by atoms with Crippen LogP contribution in [0.1, 0.15) is 10.5 Å². The molecule has 0 aliphatic carbocycles. The molecule has 1 saturated heterocycles. The number of H-pyrrole nitrogens is 1. The maximum atomic E-state index is 11.5. The maximum absolute atomic E-state index is 11.5. The van der Waals surface area contributed by atoms with Gasteiger partial charge in [0.05, 0.1) is 11.5 Å². The number of hydrogen-bond donors (Lipinski definition) is 1. The summed E-state index contributed by atoms with van der Waals surface area (Å²) in [5.74, 6) is -0.000524. The highest BCUT2D eigenvalue weighted by Crippen LogP contribution is 2.03. The van der Waals surface area contributed by atoms with E-state index in [1.165, 1.54) is 0 Å². The first-order chi connectivity index (χ1) is 8.57. The zero-order chi connectivity index (χ0) is 13.0. The van der Waals surface area contributed by atoms with Gasteiger partial charge in [-0.2, -0.15) is 0 Å². The van der Waals surface area contributed by atoms with Gasteiger partial charge in [-0.05, 0) is 12.1 Å². The predicted octanol–water partition coefficient (Wildman–Crippen LogP) is -0.0981. The Morgan fingerprint density at radius 1 is 1.39 bits per heavy atom. The molecule has 2 rings (SSSR count). The molecule has 0 unspecified atom stereocenters. The molecule has 2 heterocycles. The summed E-state index contributed by atoms with van der Waals surface area (Å²) in [5.41, 5.74) is 0.427. The van der Waals surface area contributed by atoms with Crippen LogP contribution in [0.3, 0.4) is 0 Å². The number of aromatic nitrogens is 1. The quantitative estimate of drug-likeness (QED) is 0.774. The van der Waals surface area contributed by atoms with Crippen molar-refractivity contribution in [1.82, 2.24) is 9.88 Å².